The predicted molar refractivity (Wildman–Crippen MR) is 77.8 cm³/mol. The topological polar surface area (TPSA) is 37.8 Å². The molecule has 1 unspecified atom stereocenters. The highest BCUT2D eigenvalue weighted by molar-refractivity contribution is 9.11. The van der Waals surface area contributed by atoms with Gasteiger partial charge in [0.1, 0.15) is 5.82 Å². The monoisotopic (exact) mass is 323 g/mol. The van der Waals surface area contributed by atoms with Crippen molar-refractivity contribution >= 4 is 27.3 Å². The van der Waals surface area contributed by atoms with Gasteiger partial charge in [0.15, 0.2) is 0 Å². The maximum absolute atomic E-state index is 4.66. The van der Waals surface area contributed by atoms with Crippen LogP contribution >= 0.6 is 27.3 Å². The summed E-state index contributed by atoms with van der Waals surface area (Å²) in [6.07, 6.45) is 5.29. The lowest BCUT2D eigenvalue weighted by Crippen LogP contribution is -2.24. The van der Waals surface area contributed by atoms with Gasteiger partial charge in [-0.2, -0.15) is 0 Å². The van der Waals surface area contributed by atoms with E-state index in [1.807, 2.05) is 12.3 Å². The number of hydrogen-bond donors (Lipinski definition) is 1. The second-order valence-electron chi connectivity index (χ2n) is 4.46. The van der Waals surface area contributed by atoms with Gasteiger partial charge in [-0.3, -0.25) is 0 Å². The van der Waals surface area contributed by atoms with Gasteiger partial charge < -0.3 is 5.32 Å². The summed E-state index contributed by atoms with van der Waals surface area (Å²) in [5.74, 6) is 0.941. The van der Waals surface area contributed by atoms with E-state index < -0.39 is 0 Å². The number of nitrogens with one attached hydrogen (secondary N) is 1. The quantitative estimate of drug-likeness (QED) is 0.942. The molecule has 1 N–H and O–H groups in total. The van der Waals surface area contributed by atoms with Gasteiger partial charge in [-0.05, 0) is 53.5 Å². The first-order chi connectivity index (χ1) is 8.81. The zero-order chi connectivity index (χ0) is 12.4. The van der Waals surface area contributed by atoms with Gasteiger partial charge in [0.05, 0.1) is 14.4 Å². The summed E-state index contributed by atoms with van der Waals surface area (Å²) in [5.41, 5.74) is 1.02. The fourth-order valence-electron chi connectivity index (χ4n) is 2.24. The van der Waals surface area contributed by atoms with Crippen molar-refractivity contribution in [3.8, 4) is 10.6 Å². The zero-order valence-corrected chi connectivity index (χ0v) is 12.3. The molecule has 0 radical (unpaired) electrons. The Hall–Kier alpha value is -0.780. The summed E-state index contributed by atoms with van der Waals surface area (Å²) in [6, 6.07) is 6.68. The standard InChI is InChI=1S/C13H14BrN3S/c14-12-4-3-11(18-12)10-5-7-16-13(17-10)8-9-2-1-6-15-9/h3-5,7,9,15H,1-2,6,8H2. The van der Waals surface area contributed by atoms with Gasteiger partial charge >= 0.3 is 0 Å². The minimum absolute atomic E-state index is 0.551. The number of thiophene rings is 1. The molecule has 1 aliphatic rings. The van der Waals surface area contributed by atoms with Gasteiger partial charge in [-0.25, -0.2) is 9.97 Å². The van der Waals surface area contributed by atoms with Gasteiger partial charge in [0.25, 0.3) is 0 Å². The first-order valence-electron chi connectivity index (χ1n) is 6.12. The Morgan fingerprint density at radius 1 is 1.39 bits per heavy atom. The lowest BCUT2D eigenvalue weighted by atomic mass is 10.1. The molecule has 2 aromatic rings. The Labute approximate surface area is 119 Å². The lowest BCUT2D eigenvalue weighted by molar-refractivity contribution is 0.585. The molecule has 1 aliphatic heterocycles. The molecule has 2 aromatic heterocycles. The first kappa shape index (κ1) is 12.3. The molecule has 0 spiro atoms. The molecular formula is C13H14BrN3S. The van der Waals surface area contributed by atoms with Crippen molar-refractivity contribution in [3.63, 3.8) is 0 Å². The molecule has 0 aromatic carbocycles. The van der Waals surface area contributed by atoms with Crippen LogP contribution in [0, 0.1) is 0 Å². The predicted octanol–water partition coefficient (Wildman–Crippen LogP) is 3.26. The normalized spacial score (nSPS) is 19.3. The fraction of sp³-hybridized carbons (Fsp3) is 0.385. The zero-order valence-electron chi connectivity index (χ0n) is 9.90. The fourth-order valence-corrected chi connectivity index (χ4v) is 3.59. The Bertz CT molecular complexity index is 535. The molecule has 1 atom stereocenters. The molecule has 94 valence electrons. The minimum Gasteiger partial charge on any atom is -0.314 e. The lowest BCUT2D eigenvalue weighted by Gasteiger charge is -2.08. The Balaban J connectivity index is 1.80. The van der Waals surface area contributed by atoms with E-state index >= 15 is 0 Å². The van der Waals surface area contributed by atoms with Crippen LogP contribution in [0.25, 0.3) is 10.6 Å². The highest BCUT2D eigenvalue weighted by Gasteiger charge is 2.16. The summed E-state index contributed by atoms with van der Waals surface area (Å²) in [6.45, 7) is 1.13. The molecule has 1 fully saturated rings. The highest BCUT2D eigenvalue weighted by atomic mass is 79.9. The van der Waals surface area contributed by atoms with Crippen molar-refractivity contribution < 1.29 is 0 Å². The number of rotatable bonds is 3. The highest BCUT2D eigenvalue weighted by Crippen LogP contribution is 2.29. The van der Waals surface area contributed by atoms with Crippen molar-refractivity contribution in [1.29, 1.82) is 0 Å². The smallest absolute Gasteiger partial charge is 0.130 e. The minimum atomic E-state index is 0.551. The molecular weight excluding hydrogens is 310 g/mol. The molecule has 3 rings (SSSR count). The summed E-state index contributed by atoms with van der Waals surface area (Å²) < 4.78 is 1.13. The third-order valence-electron chi connectivity index (χ3n) is 3.12. The third kappa shape index (κ3) is 2.79. The van der Waals surface area contributed by atoms with Gasteiger partial charge in [-0.1, -0.05) is 0 Å². The van der Waals surface area contributed by atoms with E-state index in [0.29, 0.717) is 6.04 Å². The number of nitrogens with zero attached hydrogens (tertiary/aromatic N) is 2. The van der Waals surface area contributed by atoms with E-state index in [2.05, 4.69) is 43.3 Å². The molecule has 0 aliphatic carbocycles. The van der Waals surface area contributed by atoms with Crippen molar-refractivity contribution in [2.45, 2.75) is 25.3 Å². The van der Waals surface area contributed by atoms with Crippen molar-refractivity contribution in [3.05, 3.63) is 34.0 Å². The van der Waals surface area contributed by atoms with Crippen LogP contribution in [-0.4, -0.2) is 22.6 Å². The van der Waals surface area contributed by atoms with Gasteiger partial charge in [0, 0.05) is 18.7 Å². The van der Waals surface area contributed by atoms with E-state index in [1.54, 1.807) is 11.3 Å². The van der Waals surface area contributed by atoms with Gasteiger partial charge in [0.2, 0.25) is 0 Å². The molecule has 0 amide bonds. The average molecular weight is 324 g/mol. The molecule has 5 heteroatoms. The molecule has 0 bridgehead atoms. The largest absolute Gasteiger partial charge is 0.314 e. The van der Waals surface area contributed by atoms with Gasteiger partial charge in [-0.15, -0.1) is 11.3 Å². The maximum atomic E-state index is 4.66. The number of hydrogen-bond acceptors (Lipinski definition) is 4. The molecule has 3 nitrogen and oxygen atoms in total. The summed E-state index contributed by atoms with van der Waals surface area (Å²) in [4.78, 5) is 10.2. The average Bonchev–Trinajstić information content (AvgIpc) is 3.01. The van der Waals surface area contributed by atoms with Crippen LogP contribution in [0.2, 0.25) is 0 Å². The molecule has 0 saturated carbocycles. The van der Waals surface area contributed by atoms with Crippen LogP contribution < -0.4 is 5.32 Å². The van der Waals surface area contributed by atoms with E-state index in [9.17, 15) is 0 Å². The Morgan fingerprint density at radius 3 is 3.06 bits per heavy atom. The van der Waals surface area contributed by atoms with E-state index in [0.717, 1.165) is 28.3 Å². The van der Waals surface area contributed by atoms with Crippen molar-refractivity contribution in [2.75, 3.05) is 6.54 Å². The second-order valence-corrected chi connectivity index (χ2v) is 6.92. The van der Waals surface area contributed by atoms with E-state index in [-0.39, 0.29) is 0 Å². The van der Waals surface area contributed by atoms with Crippen LogP contribution in [-0.2, 0) is 6.42 Å². The summed E-state index contributed by atoms with van der Waals surface area (Å²) >= 11 is 5.19. The van der Waals surface area contributed by atoms with E-state index in [1.165, 1.54) is 17.7 Å². The summed E-state index contributed by atoms with van der Waals surface area (Å²) in [7, 11) is 0. The van der Waals surface area contributed by atoms with Crippen LogP contribution in [0.3, 0.4) is 0 Å². The molecule has 1 saturated heterocycles. The summed E-state index contributed by atoms with van der Waals surface area (Å²) in [5, 5.41) is 3.48. The number of aromatic nitrogens is 2. The molecule has 3 heterocycles. The first-order valence-corrected chi connectivity index (χ1v) is 7.73. The maximum Gasteiger partial charge on any atom is 0.130 e. The van der Waals surface area contributed by atoms with Crippen molar-refractivity contribution in [1.82, 2.24) is 15.3 Å². The van der Waals surface area contributed by atoms with Crippen LogP contribution in [0.4, 0.5) is 0 Å². The molecule has 18 heavy (non-hydrogen) atoms. The van der Waals surface area contributed by atoms with Crippen molar-refractivity contribution in [2.24, 2.45) is 0 Å². The van der Waals surface area contributed by atoms with Crippen LogP contribution in [0.5, 0.6) is 0 Å². The van der Waals surface area contributed by atoms with Crippen LogP contribution in [0.1, 0.15) is 18.7 Å². The Morgan fingerprint density at radius 2 is 2.33 bits per heavy atom. The third-order valence-corrected chi connectivity index (χ3v) is 4.77. The SMILES string of the molecule is Brc1ccc(-c2ccnc(CC3CCCN3)n2)s1. The van der Waals surface area contributed by atoms with E-state index in [4.69, 9.17) is 0 Å². The van der Waals surface area contributed by atoms with Crippen LogP contribution in [0.15, 0.2) is 28.2 Å². The second kappa shape index (κ2) is 5.47. The Kier molecular flexibility index (Phi) is 3.72. The number of halogens is 1.